The second-order valence-corrected chi connectivity index (χ2v) is 3.40. The summed E-state index contributed by atoms with van der Waals surface area (Å²) in [5.41, 5.74) is -1.04. The van der Waals surface area contributed by atoms with Crippen LogP contribution in [0.2, 0.25) is 0 Å². The molecule has 1 atom stereocenters. The first-order valence-corrected chi connectivity index (χ1v) is 5.50. The van der Waals surface area contributed by atoms with E-state index in [9.17, 15) is 14.4 Å². The number of aromatic nitrogens is 2. The second-order valence-electron chi connectivity index (χ2n) is 2.64. The minimum absolute atomic E-state index is 0.0924. The maximum absolute atomic E-state index is 11.1. The monoisotopic (exact) mass is 260 g/mol. The van der Waals surface area contributed by atoms with Gasteiger partial charge in [-0.05, 0) is 0 Å². The molecule has 7 heteroatoms. The molecule has 0 spiro atoms. The molecule has 0 fully saturated rings. The van der Waals surface area contributed by atoms with Gasteiger partial charge in [-0.25, -0.2) is 0 Å². The van der Waals surface area contributed by atoms with Crippen molar-refractivity contribution in [3.05, 3.63) is 32.6 Å². The molecule has 0 amide bonds. The predicted molar refractivity (Wildman–Crippen MR) is 51.2 cm³/mol. The predicted octanol–water partition coefficient (Wildman–Crippen LogP) is -2.25. The first-order chi connectivity index (χ1) is 6.54. The van der Waals surface area contributed by atoms with Crippen molar-refractivity contribution in [2.45, 2.75) is 11.8 Å². The van der Waals surface area contributed by atoms with Crippen LogP contribution in [0.3, 0.4) is 0 Å². The summed E-state index contributed by atoms with van der Waals surface area (Å²) >= 11 is 1.29. The third kappa shape index (κ3) is 2.35. The van der Waals surface area contributed by atoms with Crippen LogP contribution >= 0.6 is 0 Å². The Morgan fingerprint density at radius 1 is 1.57 bits per heavy atom. The van der Waals surface area contributed by atoms with Gasteiger partial charge in [0.05, 0.1) is 0 Å². The Hall–Kier alpha value is -1.29. The van der Waals surface area contributed by atoms with Crippen molar-refractivity contribution in [2.75, 3.05) is 0 Å². The summed E-state index contributed by atoms with van der Waals surface area (Å²) < 4.78 is 1.28. The van der Waals surface area contributed by atoms with Crippen LogP contribution in [0.5, 0.6) is 0 Å². The zero-order valence-electron chi connectivity index (χ0n) is 7.19. The van der Waals surface area contributed by atoms with E-state index in [-0.39, 0.29) is 12.0 Å². The van der Waals surface area contributed by atoms with Gasteiger partial charge in [0.15, 0.2) is 0 Å². The molecule has 1 heterocycles. The molecule has 0 aliphatic rings. The van der Waals surface area contributed by atoms with Gasteiger partial charge in [0.1, 0.15) is 0 Å². The number of H-pyrrole nitrogens is 1. The number of carboxylic acids is 1. The van der Waals surface area contributed by atoms with E-state index in [1.54, 1.807) is 0 Å². The fourth-order valence-electron chi connectivity index (χ4n) is 0.979. The summed E-state index contributed by atoms with van der Waals surface area (Å²) in [5, 5.41) is 8.94. The van der Waals surface area contributed by atoms with Gasteiger partial charge >= 0.3 is 86.6 Å². The van der Waals surface area contributed by atoms with Gasteiger partial charge in [-0.2, -0.15) is 0 Å². The van der Waals surface area contributed by atoms with Crippen molar-refractivity contribution in [1.82, 2.24) is 9.55 Å². The summed E-state index contributed by atoms with van der Waals surface area (Å²) in [4.78, 5) is 34.6. The fourth-order valence-corrected chi connectivity index (χ4v) is 1.55. The molecule has 0 aliphatic heterocycles. The second kappa shape index (κ2) is 4.28. The molecule has 0 saturated heterocycles. The van der Waals surface area contributed by atoms with Crippen LogP contribution in [0.15, 0.2) is 15.8 Å². The van der Waals surface area contributed by atoms with Gasteiger partial charge in [-0.1, -0.05) is 0 Å². The molecule has 14 heavy (non-hydrogen) atoms. The Bertz CT molecular complexity index is 461. The Morgan fingerprint density at radius 3 is 2.71 bits per heavy atom. The van der Waals surface area contributed by atoms with Crippen LogP contribution in [0.1, 0.15) is 5.56 Å². The zero-order chi connectivity index (χ0) is 10.7. The molecule has 0 bridgehead atoms. The normalized spacial score (nSPS) is 10.1. The number of hydrogen-bond donors (Lipinski definition) is 2. The Balaban J connectivity index is 3.24. The van der Waals surface area contributed by atoms with Crippen molar-refractivity contribution in [1.29, 1.82) is 0 Å². The third-order valence-corrected chi connectivity index (χ3v) is 2.45. The molecule has 1 unspecified atom stereocenters. The van der Waals surface area contributed by atoms with Gasteiger partial charge in [-0.15, -0.1) is 0 Å². The number of rotatable bonds is 3. The summed E-state index contributed by atoms with van der Waals surface area (Å²) in [6, 6.07) is 0. The van der Waals surface area contributed by atoms with Crippen LogP contribution < -0.4 is 11.2 Å². The summed E-state index contributed by atoms with van der Waals surface area (Å²) in [5.74, 6) is -1.10. The molecule has 2 N–H and O–H groups in total. The molecular weight excluding hydrogens is 251 g/mol. The van der Waals surface area contributed by atoms with E-state index in [2.05, 4.69) is 4.98 Å². The zero-order valence-corrected chi connectivity index (χ0v) is 9.61. The van der Waals surface area contributed by atoms with Crippen molar-refractivity contribution in [3.63, 3.8) is 0 Å². The van der Waals surface area contributed by atoms with Gasteiger partial charge in [0.2, 0.25) is 0 Å². The molecule has 0 saturated carbocycles. The summed E-state index contributed by atoms with van der Waals surface area (Å²) in [6.07, 6.45) is 0.916. The molecule has 6 nitrogen and oxygen atoms in total. The Labute approximate surface area is 87.1 Å². The van der Waals surface area contributed by atoms with E-state index >= 15 is 0 Å². The molecule has 1 aromatic rings. The first kappa shape index (κ1) is 10.8. The van der Waals surface area contributed by atoms with Crippen LogP contribution in [0, 0.1) is 0 Å². The van der Waals surface area contributed by atoms with E-state index in [0.717, 1.165) is 0 Å². The summed E-state index contributed by atoms with van der Waals surface area (Å²) in [7, 11) is 0. The number of hydrogen-bond acceptors (Lipinski definition) is 3. The molecule has 1 aromatic heterocycles. The van der Waals surface area contributed by atoms with E-state index in [1.165, 1.54) is 27.6 Å². The van der Waals surface area contributed by atoms with Crippen molar-refractivity contribution in [3.8, 4) is 0 Å². The standard InChI is InChI=1S/C7H9AsN2O4/c8-3-10-2-4(1-5(11)12)6(13)9-7(10)14/h2H,1,3,8H2,(H,11,12)(H,9,13,14). The molecule has 0 aliphatic carbocycles. The topological polar surface area (TPSA) is 92.2 Å². The number of carboxylic acid groups (broad SMARTS) is 1. The molecule has 76 valence electrons. The van der Waals surface area contributed by atoms with E-state index in [1.807, 2.05) is 0 Å². The van der Waals surface area contributed by atoms with Crippen molar-refractivity contribution >= 4 is 22.8 Å². The Morgan fingerprint density at radius 2 is 2.21 bits per heavy atom. The van der Waals surface area contributed by atoms with Crippen molar-refractivity contribution < 1.29 is 9.90 Å². The quantitative estimate of drug-likeness (QED) is 0.601. The molecule has 0 radical (unpaired) electrons. The van der Waals surface area contributed by atoms with Crippen LogP contribution in [0.25, 0.3) is 0 Å². The molecule has 0 aromatic carbocycles. The van der Waals surface area contributed by atoms with E-state index < -0.39 is 17.2 Å². The average molecular weight is 260 g/mol. The van der Waals surface area contributed by atoms with E-state index in [0.29, 0.717) is 5.33 Å². The summed E-state index contributed by atoms with van der Waals surface area (Å²) in [6.45, 7) is 0. The van der Waals surface area contributed by atoms with E-state index in [4.69, 9.17) is 5.11 Å². The number of aromatic amines is 1. The minimum atomic E-state index is -1.10. The molecular formula is C7H9AsN2O4. The average Bonchev–Trinajstić information content (AvgIpc) is 2.09. The van der Waals surface area contributed by atoms with Gasteiger partial charge in [0.25, 0.3) is 0 Å². The maximum atomic E-state index is 11.1. The number of nitrogens with zero attached hydrogens (tertiary/aromatic N) is 1. The van der Waals surface area contributed by atoms with Gasteiger partial charge in [-0.3, -0.25) is 0 Å². The van der Waals surface area contributed by atoms with Crippen LogP contribution in [-0.2, 0) is 16.5 Å². The third-order valence-electron chi connectivity index (χ3n) is 1.62. The van der Waals surface area contributed by atoms with Crippen LogP contribution in [0.4, 0.5) is 0 Å². The van der Waals surface area contributed by atoms with Gasteiger partial charge in [0, 0.05) is 0 Å². The fraction of sp³-hybridized carbons (Fsp3) is 0.286. The Kier molecular flexibility index (Phi) is 3.30. The first-order valence-electron chi connectivity index (χ1n) is 3.79. The van der Waals surface area contributed by atoms with Crippen LogP contribution in [-0.4, -0.2) is 37.5 Å². The molecule has 1 rings (SSSR count). The SMILES string of the molecule is O=C(O)Cc1cn(C[AsH2])c(=O)[nH]c1=O. The number of nitrogens with one attached hydrogen (secondary N) is 1. The van der Waals surface area contributed by atoms with Gasteiger partial charge < -0.3 is 0 Å². The number of aliphatic carboxylic acids is 1. The van der Waals surface area contributed by atoms with Crippen molar-refractivity contribution in [2.24, 2.45) is 0 Å². The number of carbonyl (C=O) groups is 1.